The summed E-state index contributed by atoms with van der Waals surface area (Å²) < 4.78 is 27.2. The topological polar surface area (TPSA) is 88.2 Å². The van der Waals surface area contributed by atoms with Gasteiger partial charge in [0.15, 0.2) is 5.13 Å². The van der Waals surface area contributed by atoms with Gasteiger partial charge in [-0.05, 0) is 17.0 Å². The summed E-state index contributed by atoms with van der Waals surface area (Å²) in [6, 6.07) is 10.8. The molecule has 0 spiro atoms. The van der Waals surface area contributed by atoms with Crippen molar-refractivity contribution in [3.8, 4) is 11.3 Å². The summed E-state index contributed by atoms with van der Waals surface area (Å²) >= 11 is 2.39. The Morgan fingerprint density at radius 1 is 1.16 bits per heavy atom. The van der Waals surface area contributed by atoms with Gasteiger partial charge < -0.3 is 5.32 Å². The summed E-state index contributed by atoms with van der Waals surface area (Å²) in [5.74, 6) is -0.0776. The Morgan fingerprint density at radius 3 is 2.56 bits per heavy atom. The second kappa shape index (κ2) is 7.34. The van der Waals surface area contributed by atoms with E-state index in [1.807, 2.05) is 24.3 Å². The molecule has 1 amide bonds. The molecule has 2 N–H and O–H groups in total. The Bertz CT molecular complexity index is 962. The van der Waals surface area contributed by atoms with Gasteiger partial charge in [-0.3, -0.25) is 9.52 Å². The Labute approximate surface area is 153 Å². The van der Waals surface area contributed by atoms with Crippen LogP contribution in [0.1, 0.15) is 12.5 Å². The highest BCUT2D eigenvalue weighted by molar-refractivity contribution is 7.94. The van der Waals surface area contributed by atoms with Crippen LogP contribution in [0, 0.1) is 0 Å². The molecule has 6 nitrogen and oxygen atoms in total. The molecule has 0 bridgehead atoms. The first-order chi connectivity index (χ1) is 11.9. The van der Waals surface area contributed by atoms with Crippen molar-refractivity contribution in [2.24, 2.45) is 0 Å². The van der Waals surface area contributed by atoms with E-state index in [9.17, 15) is 13.2 Å². The molecule has 0 aliphatic rings. The molecule has 1 aromatic carbocycles. The highest BCUT2D eigenvalue weighted by Crippen LogP contribution is 2.27. The van der Waals surface area contributed by atoms with E-state index >= 15 is 0 Å². The van der Waals surface area contributed by atoms with Gasteiger partial charge >= 0.3 is 0 Å². The summed E-state index contributed by atoms with van der Waals surface area (Å²) in [7, 11) is -3.58. The van der Waals surface area contributed by atoms with Crippen LogP contribution < -0.4 is 10.0 Å². The molecule has 0 unspecified atom stereocenters. The molecule has 130 valence electrons. The minimum atomic E-state index is -3.58. The van der Waals surface area contributed by atoms with E-state index in [0.717, 1.165) is 22.5 Å². The minimum absolute atomic E-state index is 0.0776. The Kier molecular flexibility index (Phi) is 5.16. The van der Waals surface area contributed by atoms with Crippen LogP contribution in [-0.4, -0.2) is 19.3 Å². The summed E-state index contributed by atoms with van der Waals surface area (Å²) in [6.07, 6.45) is 0. The monoisotopic (exact) mass is 393 g/mol. The standard InChI is InChI=1S/C16H15N3O3S3/c1-11(20)17-9-12-4-6-13(7-5-12)14-10-24-16(18-14)19-25(21,22)15-3-2-8-23-15/h2-8,10H,9H2,1H3,(H,17,20)(H,18,19). The number of aromatic nitrogens is 1. The van der Waals surface area contributed by atoms with Crippen molar-refractivity contribution in [1.82, 2.24) is 10.3 Å². The van der Waals surface area contributed by atoms with Crippen molar-refractivity contribution < 1.29 is 13.2 Å². The smallest absolute Gasteiger partial charge is 0.273 e. The number of hydrogen-bond donors (Lipinski definition) is 2. The first-order valence-corrected chi connectivity index (χ1v) is 10.5. The zero-order chi connectivity index (χ0) is 17.9. The van der Waals surface area contributed by atoms with E-state index in [2.05, 4.69) is 15.0 Å². The first kappa shape index (κ1) is 17.6. The zero-order valence-electron chi connectivity index (χ0n) is 13.2. The van der Waals surface area contributed by atoms with Crippen molar-refractivity contribution in [2.45, 2.75) is 17.7 Å². The first-order valence-electron chi connectivity index (χ1n) is 7.30. The van der Waals surface area contributed by atoms with E-state index in [0.29, 0.717) is 17.4 Å². The predicted octanol–water partition coefficient (Wildman–Crippen LogP) is 3.31. The summed E-state index contributed by atoms with van der Waals surface area (Å²) in [4.78, 5) is 15.3. The van der Waals surface area contributed by atoms with Gasteiger partial charge in [0.05, 0.1) is 5.69 Å². The molecular formula is C16H15N3O3S3. The molecule has 9 heteroatoms. The van der Waals surface area contributed by atoms with E-state index < -0.39 is 10.0 Å². The van der Waals surface area contributed by atoms with Crippen LogP contribution in [-0.2, 0) is 21.4 Å². The molecule has 3 rings (SSSR count). The number of carbonyl (C=O) groups is 1. The van der Waals surface area contributed by atoms with E-state index in [4.69, 9.17) is 0 Å². The number of amides is 1. The lowest BCUT2D eigenvalue weighted by atomic mass is 10.1. The fourth-order valence-corrected chi connectivity index (χ4v) is 5.02. The number of hydrogen-bond acceptors (Lipinski definition) is 6. The summed E-state index contributed by atoms with van der Waals surface area (Å²) in [5.41, 5.74) is 2.55. The lowest BCUT2D eigenvalue weighted by molar-refractivity contribution is -0.119. The largest absolute Gasteiger partial charge is 0.352 e. The number of carbonyl (C=O) groups excluding carboxylic acids is 1. The van der Waals surface area contributed by atoms with Gasteiger partial charge in [0.1, 0.15) is 4.21 Å². The second-order valence-corrected chi connectivity index (χ2v) is 8.90. The van der Waals surface area contributed by atoms with E-state index in [1.165, 1.54) is 18.3 Å². The number of thiophene rings is 1. The van der Waals surface area contributed by atoms with Gasteiger partial charge in [0.25, 0.3) is 10.0 Å². The Hall–Kier alpha value is -2.23. The van der Waals surface area contributed by atoms with Gasteiger partial charge in [-0.25, -0.2) is 13.4 Å². The van der Waals surface area contributed by atoms with Crippen LogP contribution in [0.15, 0.2) is 51.4 Å². The van der Waals surface area contributed by atoms with Crippen molar-refractivity contribution in [2.75, 3.05) is 4.72 Å². The number of nitrogens with one attached hydrogen (secondary N) is 2. The molecule has 25 heavy (non-hydrogen) atoms. The number of benzene rings is 1. The van der Waals surface area contributed by atoms with Crippen molar-refractivity contribution in [3.63, 3.8) is 0 Å². The van der Waals surface area contributed by atoms with Gasteiger partial charge in [-0.1, -0.05) is 30.3 Å². The molecule has 0 atom stereocenters. The van der Waals surface area contributed by atoms with Gasteiger partial charge in [0.2, 0.25) is 5.91 Å². The van der Waals surface area contributed by atoms with Crippen LogP contribution in [0.5, 0.6) is 0 Å². The highest BCUT2D eigenvalue weighted by atomic mass is 32.2. The molecule has 0 radical (unpaired) electrons. The molecule has 0 saturated heterocycles. The van der Waals surface area contributed by atoms with Crippen LogP contribution in [0.3, 0.4) is 0 Å². The van der Waals surface area contributed by atoms with Crippen molar-refractivity contribution in [3.05, 3.63) is 52.7 Å². The molecule has 0 saturated carbocycles. The normalized spacial score (nSPS) is 11.2. The molecule has 3 aromatic rings. The Morgan fingerprint density at radius 2 is 1.92 bits per heavy atom. The molecule has 2 aromatic heterocycles. The van der Waals surface area contributed by atoms with Crippen LogP contribution >= 0.6 is 22.7 Å². The lowest BCUT2D eigenvalue weighted by Crippen LogP contribution is -2.18. The fourth-order valence-electron chi connectivity index (χ4n) is 2.05. The van der Waals surface area contributed by atoms with Gasteiger partial charge in [0, 0.05) is 24.4 Å². The average molecular weight is 394 g/mol. The lowest BCUT2D eigenvalue weighted by Gasteiger charge is -2.04. The molecule has 0 aliphatic carbocycles. The number of sulfonamides is 1. The number of anilines is 1. The van der Waals surface area contributed by atoms with Crippen LogP contribution in [0.25, 0.3) is 11.3 Å². The highest BCUT2D eigenvalue weighted by Gasteiger charge is 2.17. The SMILES string of the molecule is CC(=O)NCc1ccc(-c2csc(NS(=O)(=O)c3cccs3)n2)cc1. The van der Waals surface area contributed by atoms with Crippen molar-refractivity contribution in [1.29, 1.82) is 0 Å². The molecular weight excluding hydrogens is 378 g/mol. The molecule has 0 fully saturated rings. The minimum Gasteiger partial charge on any atom is -0.352 e. The average Bonchev–Trinajstić information content (AvgIpc) is 3.25. The third kappa shape index (κ3) is 4.44. The van der Waals surface area contributed by atoms with Gasteiger partial charge in [-0.2, -0.15) is 0 Å². The maximum absolute atomic E-state index is 12.2. The maximum atomic E-state index is 12.2. The third-order valence-corrected chi connectivity index (χ3v) is 6.90. The third-order valence-electron chi connectivity index (χ3n) is 3.28. The predicted molar refractivity (Wildman–Crippen MR) is 100 cm³/mol. The van der Waals surface area contributed by atoms with Crippen LogP contribution in [0.4, 0.5) is 5.13 Å². The molecule has 2 heterocycles. The summed E-state index contributed by atoms with van der Waals surface area (Å²) in [5, 5.41) is 6.57. The fraction of sp³-hybridized carbons (Fsp3) is 0.125. The second-order valence-electron chi connectivity index (χ2n) is 5.18. The van der Waals surface area contributed by atoms with E-state index in [1.54, 1.807) is 22.9 Å². The van der Waals surface area contributed by atoms with Crippen molar-refractivity contribution >= 4 is 43.7 Å². The number of thiazole rings is 1. The number of rotatable bonds is 6. The quantitative estimate of drug-likeness (QED) is 0.672. The van der Waals surface area contributed by atoms with E-state index in [-0.39, 0.29) is 10.1 Å². The summed E-state index contributed by atoms with van der Waals surface area (Å²) in [6.45, 7) is 1.95. The molecule has 0 aliphatic heterocycles. The maximum Gasteiger partial charge on any atom is 0.273 e. The zero-order valence-corrected chi connectivity index (χ0v) is 15.7. The number of nitrogens with zero attached hydrogens (tertiary/aromatic N) is 1. The Balaban J connectivity index is 1.72. The van der Waals surface area contributed by atoms with Gasteiger partial charge in [-0.15, -0.1) is 22.7 Å². The van der Waals surface area contributed by atoms with Crippen LogP contribution in [0.2, 0.25) is 0 Å².